The van der Waals surface area contributed by atoms with Crippen LogP contribution in [0.4, 0.5) is 18.9 Å². The molecule has 1 heterocycles. The molecule has 1 aromatic heterocycles. The Labute approximate surface area is 217 Å². The third kappa shape index (κ3) is 5.69. The summed E-state index contributed by atoms with van der Waals surface area (Å²) in [4.78, 5) is 39.7. The fraction of sp³-hybridized carbons (Fsp3) is 0.120. The maximum atomic E-state index is 13.4. The lowest BCUT2D eigenvalue weighted by molar-refractivity contribution is -0.385. The number of primary amides is 1. The minimum absolute atomic E-state index is 0.0383. The van der Waals surface area contributed by atoms with Crippen molar-refractivity contribution in [3.63, 3.8) is 0 Å². The molecule has 3 aromatic carbocycles. The molecule has 0 atom stereocenters. The number of hydrogen-bond acceptors (Lipinski definition) is 8. The number of nitro benzene ring substituents is 1. The number of aromatic nitrogens is 2. The number of methoxy groups -OCH3 is 1. The van der Waals surface area contributed by atoms with Gasteiger partial charge in [-0.2, -0.15) is 22.9 Å². The van der Waals surface area contributed by atoms with Gasteiger partial charge >= 0.3 is 11.9 Å². The summed E-state index contributed by atoms with van der Waals surface area (Å²) in [5.74, 6) is -1.55. The number of halogens is 3. The maximum Gasteiger partial charge on any atom is 0.416 e. The van der Waals surface area contributed by atoms with Crippen molar-refractivity contribution in [3.8, 4) is 22.9 Å². The number of alkyl halides is 3. The lowest BCUT2D eigenvalue weighted by atomic mass is 10.1. The number of fused-ring (bicyclic) bond motifs is 1. The quantitative estimate of drug-likeness (QED) is 0.203. The number of rotatable bonds is 8. The molecule has 0 fully saturated rings. The van der Waals surface area contributed by atoms with Gasteiger partial charge in [-0.05, 0) is 30.3 Å². The number of carbonyl (C=O) groups excluding carboxylic acids is 1. The molecule has 2 N–H and O–H groups in total. The third-order valence-corrected chi connectivity index (χ3v) is 5.36. The highest BCUT2D eigenvalue weighted by atomic mass is 19.4. The van der Waals surface area contributed by atoms with Crippen molar-refractivity contribution < 1.29 is 32.4 Å². The van der Waals surface area contributed by atoms with E-state index >= 15 is 0 Å². The molecule has 0 aliphatic rings. The van der Waals surface area contributed by atoms with E-state index in [0.29, 0.717) is 0 Å². The smallest absolute Gasteiger partial charge is 0.416 e. The van der Waals surface area contributed by atoms with E-state index in [4.69, 9.17) is 15.2 Å². The van der Waals surface area contributed by atoms with Crippen LogP contribution in [0.3, 0.4) is 0 Å². The summed E-state index contributed by atoms with van der Waals surface area (Å²) in [5, 5.41) is 15.9. The summed E-state index contributed by atoms with van der Waals surface area (Å²) in [5.41, 5.74) is 3.09. The van der Waals surface area contributed by atoms with Crippen LogP contribution in [0.15, 0.2) is 70.6 Å². The minimum Gasteiger partial charge on any atom is -0.493 e. The van der Waals surface area contributed by atoms with Crippen LogP contribution >= 0.6 is 0 Å². The molecule has 0 aliphatic carbocycles. The molecule has 4 rings (SSSR count). The first-order valence-electron chi connectivity index (χ1n) is 11.0. The van der Waals surface area contributed by atoms with Gasteiger partial charge in [-0.25, -0.2) is 4.98 Å². The zero-order chi connectivity index (χ0) is 28.3. The molecule has 0 saturated heterocycles. The predicted molar refractivity (Wildman–Crippen MR) is 134 cm³/mol. The van der Waals surface area contributed by atoms with Gasteiger partial charge in [-0.3, -0.25) is 19.7 Å². The number of benzene rings is 3. The molecule has 4 aromatic rings. The van der Waals surface area contributed by atoms with Crippen LogP contribution in [0.5, 0.6) is 11.5 Å². The van der Waals surface area contributed by atoms with Gasteiger partial charge in [0.2, 0.25) is 5.75 Å². The average Bonchev–Trinajstić information content (AvgIpc) is 2.90. The van der Waals surface area contributed by atoms with Crippen molar-refractivity contribution >= 4 is 28.7 Å². The Morgan fingerprint density at radius 1 is 1.18 bits per heavy atom. The molecule has 1 amide bonds. The van der Waals surface area contributed by atoms with Crippen LogP contribution in [0.1, 0.15) is 11.1 Å². The number of ether oxygens (including phenoxy) is 2. The van der Waals surface area contributed by atoms with Gasteiger partial charge in [0.1, 0.15) is 0 Å². The first-order valence-corrected chi connectivity index (χ1v) is 11.0. The maximum absolute atomic E-state index is 13.4. The summed E-state index contributed by atoms with van der Waals surface area (Å²) < 4.78 is 51.2. The van der Waals surface area contributed by atoms with Gasteiger partial charge in [0.25, 0.3) is 11.5 Å². The second kappa shape index (κ2) is 10.6. The largest absolute Gasteiger partial charge is 0.493 e. The number of para-hydroxylation sites is 1. The Bertz CT molecular complexity index is 1680. The number of nitro groups is 1. The van der Waals surface area contributed by atoms with Gasteiger partial charge in [-0.1, -0.05) is 24.3 Å². The second-order valence-corrected chi connectivity index (χ2v) is 7.98. The lowest BCUT2D eigenvalue weighted by Gasteiger charge is -2.12. The molecule has 11 nitrogen and oxygen atoms in total. The monoisotopic (exact) mass is 541 g/mol. The van der Waals surface area contributed by atoms with Crippen molar-refractivity contribution in [2.45, 2.75) is 6.18 Å². The first kappa shape index (κ1) is 26.8. The summed E-state index contributed by atoms with van der Waals surface area (Å²) in [7, 11) is 1.21. The Kier molecular flexibility index (Phi) is 7.29. The Hall–Kier alpha value is -5.27. The molecule has 0 bridgehead atoms. The van der Waals surface area contributed by atoms with Crippen molar-refractivity contribution in [1.29, 1.82) is 0 Å². The molecule has 0 saturated carbocycles. The van der Waals surface area contributed by atoms with E-state index < -0.39 is 40.4 Å². The Morgan fingerprint density at radius 2 is 1.92 bits per heavy atom. The molecular formula is C25H18F3N5O6. The Balaban J connectivity index is 1.89. The minimum atomic E-state index is -4.64. The number of nitrogens with zero attached hydrogens (tertiary/aromatic N) is 4. The van der Waals surface area contributed by atoms with Gasteiger partial charge in [0.05, 0.1) is 34.7 Å². The van der Waals surface area contributed by atoms with E-state index in [1.165, 1.54) is 37.4 Å². The molecule has 0 spiro atoms. The standard InChI is InChI=1S/C25H18F3N5O6/c1-38-20-10-14(9-19(33(36)37)22(20)39-13-21(29)34)12-30-32-23(15-5-4-6-16(11-15)25(26,27)28)31-18-8-3-2-7-17(18)24(32)35/h2-12H,13H2,1H3,(H2,29,34). The van der Waals surface area contributed by atoms with Crippen LogP contribution in [0.25, 0.3) is 22.3 Å². The molecule has 0 unspecified atom stereocenters. The number of carbonyl (C=O) groups is 1. The first-order chi connectivity index (χ1) is 18.5. The van der Waals surface area contributed by atoms with E-state index in [9.17, 15) is 32.9 Å². The predicted octanol–water partition coefficient (Wildman–Crippen LogP) is 3.75. The van der Waals surface area contributed by atoms with E-state index in [2.05, 4.69) is 10.1 Å². The van der Waals surface area contributed by atoms with Gasteiger partial charge in [0, 0.05) is 17.2 Å². The molecule has 39 heavy (non-hydrogen) atoms. The van der Waals surface area contributed by atoms with Crippen molar-refractivity contribution in [2.24, 2.45) is 10.8 Å². The fourth-order valence-electron chi connectivity index (χ4n) is 3.64. The van der Waals surface area contributed by atoms with Crippen molar-refractivity contribution in [3.05, 3.63) is 92.3 Å². The molecular weight excluding hydrogens is 523 g/mol. The van der Waals surface area contributed by atoms with Crippen molar-refractivity contribution in [1.82, 2.24) is 9.66 Å². The molecule has 0 radical (unpaired) electrons. The van der Waals surface area contributed by atoms with E-state index in [1.54, 1.807) is 12.1 Å². The summed E-state index contributed by atoms with van der Waals surface area (Å²) in [6.07, 6.45) is -3.57. The lowest BCUT2D eigenvalue weighted by Crippen LogP contribution is -2.21. The summed E-state index contributed by atoms with van der Waals surface area (Å²) in [6, 6.07) is 12.8. The van der Waals surface area contributed by atoms with E-state index in [0.717, 1.165) is 29.1 Å². The van der Waals surface area contributed by atoms with Crippen LogP contribution in [-0.2, 0) is 11.0 Å². The van der Waals surface area contributed by atoms with E-state index in [1.807, 2.05) is 0 Å². The molecule has 200 valence electrons. The molecule has 0 aliphatic heterocycles. The molecule has 14 heteroatoms. The normalized spacial score (nSPS) is 11.6. The van der Waals surface area contributed by atoms with Gasteiger partial charge in [-0.15, -0.1) is 0 Å². The van der Waals surface area contributed by atoms with Crippen molar-refractivity contribution in [2.75, 3.05) is 13.7 Å². The summed E-state index contributed by atoms with van der Waals surface area (Å²) in [6.45, 7) is -0.650. The third-order valence-electron chi connectivity index (χ3n) is 5.36. The van der Waals surface area contributed by atoms with Gasteiger partial charge < -0.3 is 15.2 Å². The highest BCUT2D eigenvalue weighted by Gasteiger charge is 2.31. The van der Waals surface area contributed by atoms with Gasteiger partial charge in [0.15, 0.2) is 18.2 Å². The SMILES string of the molecule is COc1cc(C=Nn2c(-c3cccc(C(F)(F)F)c3)nc3ccccc3c2=O)cc([N+](=O)[O-])c1OCC(N)=O. The van der Waals surface area contributed by atoms with Crippen LogP contribution in [0.2, 0.25) is 0 Å². The second-order valence-electron chi connectivity index (χ2n) is 7.98. The fourth-order valence-corrected chi connectivity index (χ4v) is 3.64. The van der Waals surface area contributed by atoms with Crippen LogP contribution in [0, 0.1) is 10.1 Å². The number of nitrogens with two attached hydrogens (primary N) is 1. The van der Waals surface area contributed by atoms with E-state index in [-0.39, 0.29) is 39.4 Å². The van der Waals surface area contributed by atoms with Crippen LogP contribution in [-0.4, -0.2) is 40.4 Å². The highest BCUT2D eigenvalue weighted by Crippen LogP contribution is 2.38. The topological polar surface area (TPSA) is 152 Å². The number of amides is 1. The number of hydrogen-bond donors (Lipinski definition) is 1. The average molecular weight is 541 g/mol. The summed E-state index contributed by atoms with van der Waals surface area (Å²) >= 11 is 0. The Morgan fingerprint density at radius 3 is 2.59 bits per heavy atom. The van der Waals surface area contributed by atoms with Crippen LogP contribution < -0.4 is 20.8 Å². The zero-order valence-corrected chi connectivity index (χ0v) is 20.0. The highest BCUT2D eigenvalue weighted by molar-refractivity contribution is 5.84. The zero-order valence-electron chi connectivity index (χ0n) is 20.0.